The fourth-order valence-electron chi connectivity index (χ4n) is 3.42. The van der Waals surface area contributed by atoms with E-state index in [4.69, 9.17) is 34.9 Å². The van der Waals surface area contributed by atoms with Gasteiger partial charge in [-0.25, -0.2) is 14.5 Å². The molecule has 0 saturated heterocycles. The summed E-state index contributed by atoms with van der Waals surface area (Å²) in [5.41, 5.74) is -0.236. The van der Waals surface area contributed by atoms with Crippen LogP contribution in [0.4, 0.5) is 9.59 Å². The van der Waals surface area contributed by atoms with E-state index < -0.39 is 12.3 Å². The molecule has 0 spiro atoms. The van der Waals surface area contributed by atoms with Crippen molar-refractivity contribution in [2.24, 2.45) is 16.7 Å². The van der Waals surface area contributed by atoms with Crippen LogP contribution in [0.25, 0.3) is 0 Å². The summed E-state index contributed by atoms with van der Waals surface area (Å²) in [6.45, 7) is 13.3. The molecule has 1 aliphatic rings. The Morgan fingerprint density at radius 3 is 1.50 bits per heavy atom. The molecule has 2 unspecified atom stereocenters. The van der Waals surface area contributed by atoms with Crippen LogP contribution in [0.1, 0.15) is 67.2 Å². The number of carbonyl (C=O) groups is 2. The first-order valence-corrected chi connectivity index (χ1v) is 7.78. The van der Waals surface area contributed by atoms with Gasteiger partial charge >= 0.3 is 12.3 Å². The van der Waals surface area contributed by atoms with Crippen LogP contribution in [0.15, 0.2) is 0 Å². The minimum absolute atomic E-state index is 0.0277. The van der Waals surface area contributed by atoms with E-state index in [2.05, 4.69) is 41.5 Å². The molecule has 0 aliphatic heterocycles. The standard InChI is InChI=1S/C14H28O2.2CH2O3/c1-12(2,3)11-9-7-8-10-14(11,16-15)13(4,5)6;2*2-1(3)4/h11,15H,7-10H2,1-6H3;2*(H2,2,3,4). The Balaban J connectivity index is 0. The molecule has 1 saturated carbocycles. The van der Waals surface area contributed by atoms with E-state index in [1.54, 1.807) is 0 Å². The van der Waals surface area contributed by atoms with Gasteiger partial charge in [-0.15, -0.1) is 0 Å². The third-order valence-electron chi connectivity index (χ3n) is 4.33. The van der Waals surface area contributed by atoms with Crippen LogP contribution < -0.4 is 0 Å². The predicted octanol–water partition coefficient (Wildman–Crippen LogP) is 4.94. The minimum Gasteiger partial charge on any atom is -0.450 e. The van der Waals surface area contributed by atoms with E-state index in [1.165, 1.54) is 6.42 Å². The molecule has 0 heterocycles. The smallest absolute Gasteiger partial charge is 0.450 e. The topological polar surface area (TPSA) is 145 Å². The van der Waals surface area contributed by atoms with Gasteiger partial charge in [0.1, 0.15) is 5.60 Å². The zero-order valence-electron chi connectivity index (χ0n) is 15.4. The van der Waals surface area contributed by atoms with Crippen molar-refractivity contribution in [3.05, 3.63) is 0 Å². The second-order valence-corrected chi connectivity index (χ2v) is 7.96. The maximum atomic E-state index is 9.51. The SMILES string of the molecule is CC(C)(C)C1CCCCC1(OO)C(C)(C)C.O=C(O)O.O=C(O)O. The second-order valence-electron chi connectivity index (χ2n) is 7.96. The van der Waals surface area contributed by atoms with Crippen LogP contribution in [0, 0.1) is 16.7 Å². The number of carboxylic acid groups (broad SMARTS) is 4. The summed E-state index contributed by atoms with van der Waals surface area (Å²) in [6.07, 6.45) is 0.865. The zero-order chi connectivity index (χ0) is 19.8. The Bertz CT molecular complexity index is 374. The highest BCUT2D eigenvalue weighted by atomic mass is 17.1. The van der Waals surface area contributed by atoms with Crippen molar-refractivity contribution < 1.29 is 40.2 Å². The predicted molar refractivity (Wildman–Crippen MR) is 88.6 cm³/mol. The Morgan fingerprint density at radius 2 is 1.29 bits per heavy atom. The van der Waals surface area contributed by atoms with Crippen molar-refractivity contribution in [1.82, 2.24) is 0 Å². The highest BCUT2D eigenvalue weighted by Gasteiger charge is 2.54. The third kappa shape index (κ3) is 8.35. The minimum atomic E-state index is -1.83. The van der Waals surface area contributed by atoms with Gasteiger partial charge in [0.25, 0.3) is 0 Å². The number of hydrogen-bond donors (Lipinski definition) is 5. The molecule has 144 valence electrons. The second kappa shape index (κ2) is 9.68. The van der Waals surface area contributed by atoms with Crippen LogP contribution in [-0.2, 0) is 4.89 Å². The van der Waals surface area contributed by atoms with Gasteiger partial charge < -0.3 is 20.4 Å². The molecule has 24 heavy (non-hydrogen) atoms. The monoisotopic (exact) mass is 352 g/mol. The van der Waals surface area contributed by atoms with Gasteiger partial charge in [0, 0.05) is 0 Å². The van der Waals surface area contributed by atoms with Gasteiger partial charge in [0.2, 0.25) is 0 Å². The molecule has 0 aromatic carbocycles. The first kappa shape index (κ1) is 24.7. The molecule has 1 fully saturated rings. The lowest BCUT2D eigenvalue weighted by Crippen LogP contribution is -2.56. The largest absolute Gasteiger partial charge is 0.503 e. The van der Waals surface area contributed by atoms with Gasteiger partial charge in [-0.3, -0.25) is 5.26 Å². The summed E-state index contributed by atoms with van der Waals surface area (Å²) in [5, 5.41) is 37.4. The van der Waals surface area contributed by atoms with Crippen LogP contribution in [0.2, 0.25) is 0 Å². The lowest BCUT2D eigenvalue weighted by atomic mass is 9.56. The Labute approximate surface area is 143 Å². The molecule has 2 atom stereocenters. The molecular formula is C16H32O8. The van der Waals surface area contributed by atoms with E-state index in [0.29, 0.717) is 5.92 Å². The summed E-state index contributed by atoms with van der Waals surface area (Å²) in [5.74, 6) is 0.416. The fraction of sp³-hybridized carbons (Fsp3) is 0.875. The van der Waals surface area contributed by atoms with Gasteiger partial charge in [0.15, 0.2) is 0 Å². The van der Waals surface area contributed by atoms with Crippen molar-refractivity contribution in [2.75, 3.05) is 0 Å². The summed E-state index contributed by atoms with van der Waals surface area (Å²) in [7, 11) is 0. The molecule has 0 amide bonds. The lowest BCUT2D eigenvalue weighted by Gasteiger charge is -2.54. The van der Waals surface area contributed by atoms with Crippen molar-refractivity contribution in [3.8, 4) is 0 Å². The lowest BCUT2D eigenvalue weighted by molar-refractivity contribution is -0.379. The number of hydrogen-bond acceptors (Lipinski definition) is 4. The van der Waals surface area contributed by atoms with Crippen LogP contribution in [0.3, 0.4) is 0 Å². The van der Waals surface area contributed by atoms with E-state index in [1.807, 2.05) is 0 Å². The molecule has 0 aromatic heterocycles. The third-order valence-corrected chi connectivity index (χ3v) is 4.33. The maximum absolute atomic E-state index is 9.51. The summed E-state index contributed by atoms with van der Waals surface area (Å²) < 4.78 is 0. The summed E-state index contributed by atoms with van der Waals surface area (Å²) in [6, 6.07) is 0. The Hall–Kier alpha value is -1.54. The van der Waals surface area contributed by atoms with E-state index >= 15 is 0 Å². The van der Waals surface area contributed by atoms with Crippen molar-refractivity contribution in [1.29, 1.82) is 0 Å². The summed E-state index contributed by atoms with van der Waals surface area (Å²) in [4.78, 5) is 22.2. The Morgan fingerprint density at radius 1 is 0.917 bits per heavy atom. The average Bonchev–Trinajstić information content (AvgIpc) is 2.34. The normalized spacial score (nSPS) is 23.9. The van der Waals surface area contributed by atoms with Crippen LogP contribution >= 0.6 is 0 Å². The Kier molecular flexibility index (Phi) is 9.97. The van der Waals surface area contributed by atoms with Crippen molar-refractivity contribution in [3.63, 3.8) is 0 Å². The van der Waals surface area contributed by atoms with Gasteiger partial charge in [-0.2, -0.15) is 0 Å². The maximum Gasteiger partial charge on any atom is 0.503 e. The average molecular weight is 352 g/mol. The zero-order valence-corrected chi connectivity index (χ0v) is 15.4. The molecule has 1 aliphatic carbocycles. The highest BCUT2D eigenvalue weighted by molar-refractivity contribution is 5.53. The first-order valence-electron chi connectivity index (χ1n) is 7.78. The van der Waals surface area contributed by atoms with Crippen molar-refractivity contribution in [2.45, 2.75) is 72.8 Å². The van der Waals surface area contributed by atoms with Crippen molar-refractivity contribution >= 4 is 12.3 Å². The molecule has 0 radical (unpaired) electrons. The highest BCUT2D eigenvalue weighted by Crippen LogP contribution is 2.53. The molecule has 8 nitrogen and oxygen atoms in total. The van der Waals surface area contributed by atoms with Gasteiger partial charge in [-0.1, -0.05) is 54.4 Å². The fourth-order valence-corrected chi connectivity index (χ4v) is 3.42. The van der Waals surface area contributed by atoms with E-state index in [-0.39, 0.29) is 16.4 Å². The van der Waals surface area contributed by atoms with Crippen LogP contribution in [-0.4, -0.2) is 43.6 Å². The molecule has 5 N–H and O–H groups in total. The van der Waals surface area contributed by atoms with Gasteiger partial charge in [0.05, 0.1) is 0 Å². The molecule has 8 heteroatoms. The van der Waals surface area contributed by atoms with Gasteiger partial charge in [-0.05, 0) is 29.6 Å². The summed E-state index contributed by atoms with van der Waals surface area (Å²) >= 11 is 0. The quantitative estimate of drug-likeness (QED) is 0.329. The molecule has 0 bridgehead atoms. The first-order chi connectivity index (χ1) is 10.6. The van der Waals surface area contributed by atoms with Crippen LogP contribution in [0.5, 0.6) is 0 Å². The van der Waals surface area contributed by atoms with E-state index in [9.17, 15) is 5.26 Å². The molecule has 1 rings (SSSR count). The van der Waals surface area contributed by atoms with E-state index in [0.717, 1.165) is 19.3 Å². The molecule has 0 aromatic rings. The number of rotatable bonds is 1. The molecular weight excluding hydrogens is 320 g/mol.